The highest BCUT2D eigenvalue weighted by Gasteiger charge is 2.23. The molecule has 0 spiro atoms. The Morgan fingerprint density at radius 1 is 0.708 bits per heavy atom. The first-order chi connectivity index (χ1) is 30.8. The number of aromatic nitrogens is 1. The van der Waals surface area contributed by atoms with Crippen LogP contribution in [-0.2, 0) is 39.5 Å². The predicted molar refractivity (Wildman–Crippen MR) is 233 cm³/mol. The number of benzene rings is 4. The van der Waals surface area contributed by atoms with Crippen LogP contribution in [0.25, 0.3) is 11.1 Å². The fraction of sp³-hybridized carbons (Fsp3) is 0.0513. The van der Waals surface area contributed by atoms with Gasteiger partial charge in [-0.05, 0) is 91.3 Å². The predicted octanol–water partition coefficient (Wildman–Crippen LogP) is 9.41. The third-order valence-corrected chi connectivity index (χ3v) is 12.1. The molecule has 0 unspecified atom stereocenters. The summed E-state index contributed by atoms with van der Waals surface area (Å²) in [5.74, 6) is -3.01. The van der Waals surface area contributed by atoms with Crippen LogP contribution in [0.15, 0.2) is 126 Å². The number of nitriles is 2. The Labute approximate surface area is 373 Å². The largest absolute Gasteiger partial charge is 0.478 e. The number of nitrogens with one attached hydrogen (secondary N) is 2. The molecule has 0 amide bonds. The first-order valence-corrected chi connectivity index (χ1v) is 22.5. The average Bonchev–Trinajstić information content (AvgIpc) is 3.62. The van der Waals surface area contributed by atoms with Crippen molar-refractivity contribution >= 4 is 104 Å². The normalized spacial score (nSPS) is 12.2. The molecule has 0 saturated carbocycles. The third kappa shape index (κ3) is 11.0. The lowest BCUT2D eigenvalue weighted by Crippen LogP contribution is -2.05. The SMILES string of the molecule is CO[S-](=O)=Nc1ccc(-c2c(N=Nc3cc(C(=O)O)cc(C(=O)O)c3)sc(N=Nc3c(Nc4ccc(S(=O)(=O)O)cc4)nc(Nc4ccc(S(=O)(=O)O)cc4)c(C#N)c3C)c2C#N)cc1. The van der Waals surface area contributed by atoms with E-state index in [-0.39, 0.29) is 83.5 Å². The lowest BCUT2D eigenvalue weighted by molar-refractivity contribution is 0.0696. The molecule has 6 aromatic rings. The molecular weight excluding hydrogens is 929 g/mol. The summed E-state index contributed by atoms with van der Waals surface area (Å²) in [7, 11) is -9.89. The van der Waals surface area contributed by atoms with Gasteiger partial charge in [-0.15, -0.1) is 20.5 Å². The Kier molecular flexibility index (Phi) is 13.8. The van der Waals surface area contributed by atoms with Gasteiger partial charge in [0.2, 0.25) is 0 Å². The second-order valence-corrected chi connectivity index (χ2v) is 17.7. The minimum atomic E-state index is -4.56. The maximum absolute atomic E-state index is 11.9. The zero-order chi connectivity index (χ0) is 47.2. The summed E-state index contributed by atoms with van der Waals surface area (Å²) in [6.07, 6.45) is 0. The van der Waals surface area contributed by atoms with Gasteiger partial charge in [0.05, 0.1) is 32.2 Å². The van der Waals surface area contributed by atoms with Gasteiger partial charge in [0.1, 0.15) is 28.4 Å². The van der Waals surface area contributed by atoms with Crippen LogP contribution in [0.3, 0.4) is 0 Å². The van der Waals surface area contributed by atoms with Gasteiger partial charge in [-0.1, -0.05) is 34.3 Å². The van der Waals surface area contributed by atoms with E-state index in [4.69, 9.17) is 4.18 Å². The van der Waals surface area contributed by atoms with Crippen molar-refractivity contribution in [3.05, 3.63) is 119 Å². The van der Waals surface area contributed by atoms with Crippen molar-refractivity contribution in [2.24, 2.45) is 24.8 Å². The highest BCUT2D eigenvalue weighted by Crippen LogP contribution is 2.49. The number of carbonyl (C=O) groups is 2. The second-order valence-electron chi connectivity index (χ2n) is 12.9. The van der Waals surface area contributed by atoms with Crippen molar-refractivity contribution in [1.29, 1.82) is 10.5 Å². The van der Waals surface area contributed by atoms with E-state index < -0.39 is 52.8 Å². The van der Waals surface area contributed by atoms with Gasteiger partial charge in [-0.25, -0.2) is 14.6 Å². The molecular formula is C39H27N10O12S4-. The summed E-state index contributed by atoms with van der Waals surface area (Å²) in [5.41, 5.74) is 0.183. The fourth-order valence-electron chi connectivity index (χ4n) is 5.67. The molecule has 6 N–H and O–H groups in total. The molecule has 26 heteroatoms. The molecule has 2 heterocycles. The zero-order valence-electron chi connectivity index (χ0n) is 32.9. The van der Waals surface area contributed by atoms with Crippen molar-refractivity contribution in [1.82, 2.24) is 4.98 Å². The minimum absolute atomic E-state index is 0.0164. The molecule has 0 aliphatic carbocycles. The molecule has 22 nitrogen and oxygen atoms in total. The maximum atomic E-state index is 11.9. The Balaban J connectivity index is 1.52. The number of nitrogens with zero attached hydrogens (tertiary/aromatic N) is 8. The van der Waals surface area contributed by atoms with Crippen LogP contribution < -0.4 is 10.6 Å². The highest BCUT2D eigenvalue weighted by atomic mass is 32.2. The van der Waals surface area contributed by atoms with Crippen LogP contribution in [0.1, 0.15) is 37.4 Å². The minimum Gasteiger partial charge on any atom is -0.478 e. The molecule has 0 saturated heterocycles. The first kappa shape index (κ1) is 46.7. The maximum Gasteiger partial charge on any atom is 0.335 e. The first-order valence-electron chi connectivity index (χ1n) is 17.7. The number of pyridine rings is 1. The van der Waals surface area contributed by atoms with Gasteiger partial charge in [0.25, 0.3) is 20.2 Å². The summed E-state index contributed by atoms with van der Waals surface area (Å²) in [4.78, 5) is 27.3. The molecule has 330 valence electrons. The smallest absolute Gasteiger partial charge is 0.335 e. The summed E-state index contributed by atoms with van der Waals surface area (Å²) in [6, 6.07) is 22.8. The zero-order valence-corrected chi connectivity index (χ0v) is 36.2. The van der Waals surface area contributed by atoms with Gasteiger partial charge in [0.15, 0.2) is 16.6 Å². The summed E-state index contributed by atoms with van der Waals surface area (Å²) in [6.45, 7) is 1.50. The van der Waals surface area contributed by atoms with E-state index in [1.165, 1.54) is 62.6 Å². The van der Waals surface area contributed by atoms with Crippen LogP contribution >= 0.6 is 11.3 Å². The van der Waals surface area contributed by atoms with E-state index in [9.17, 15) is 60.5 Å². The van der Waals surface area contributed by atoms with Crippen molar-refractivity contribution in [2.75, 3.05) is 17.7 Å². The number of rotatable bonds is 15. The third-order valence-electron chi connectivity index (χ3n) is 8.73. The van der Waals surface area contributed by atoms with Gasteiger partial charge < -0.3 is 33.6 Å². The van der Waals surface area contributed by atoms with Crippen molar-refractivity contribution in [3.63, 3.8) is 0 Å². The Morgan fingerprint density at radius 2 is 1.22 bits per heavy atom. The van der Waals surface area contributed by atoms with E-state index >= 15 is 0 Å². The molecule has 65 heavy (non-hydrogen) atoms. The summed E-state index contributed by atoms with van der Waals surface area (Å²) < 4.78 is 86.0. The second kappa shape index (κ2) is 19.3. The van der Waals surface area contributed by atoms with Crippen LogP contribution in [-0.4, -0.2) is 60.2 Å². The van der Waals surface area contributed by atoms with Crippen LogP contribution in [0.4, 0.5) is 50.1 Å². The van der Waals surface area contributed by atoms with Gasteiger partial charge in [-0.2, -0.15) is 27.4 Å². The quantitative estimate of drug-likeness (QED) is 0.0317. The molecule has 0 atom stereocenters. The molecule has 0 aliphatic rings. The average molecular weight is 956 g/mol. The Hall–Kier alpha value is -7.82. The Morgan fingerprint density at radius 3 is 1.69 bits per heavy atom. The number of hydrogen-bond donors (Lipinski definition) is 6. The van der Waals surface area contributed by atoms with E-state index in [1.807, 2.05) is 6.07 Å². The van der Waals surface area contributed by atoms with E-state index in [2.05, 4.69) is 46.5 Å². The van der Waals surface area contributed by atoms with E-state index in [0.717, 1.165) is 53.8 Å². The monoisotopic (exact) mass is 955 g/mol. The number of thiophene rings is 1. The molecule has 4 aromatic carbocycles. The summed E-state index contributed by atoms with van der Waals surface area (Å²) in [5, 5.41) is 63.0. The van der Waals surface area contributed by atoms with Gasteiger partial charge in [-0.3, -0.25) is 9.11 Å². The van der Waals surface area contributed by atoms with Crippen molar-refractivity contribution < 1.29 is 54.1 Å². The standard InChI is InChI=1S/C39H27N10O12S4/c1-20-30(18-40)34(42-24-7-11-28(12-8-24)64(55,56)57)44-35(43-25-9-13-29(14-10-25)65(58,59)60)33(20)46-47-36-31(19-41)32(21-3-5-26(6-4-21)49-63(54)61-2)37(62-36)48-45-27-16-22(38(50)51)15-23(17-27)39(52)53/h3-17H,1-2H3,(H,50,51)(H,52,53)(H2,42,43,44)(H,55,56,57)(H,58,59,60)/q-1. The summed E-state index contributed by atoms with van der Waals surface area (Å²) >= 11 is 0.793. The molecule has 6 rings (SSSR count). The van der Waals surface area contributed by atoms with Gasteiger partial charge in [0, 0.05) is 35.3 Å². The fourth-order valence-corrected chi connectivity index (χ4v) is 7.92. The number of anilines is 4. The topological polar surface area (TPSA) is 356 Å². The number of hydrogen-bond acceptors (Lipinski definition) is 20. The van der Waals surface area contributed by atoms with E-state index in [1.54, 1.807) is 0 Å². The van der Waals surface area contributed by atoms with Crippen molar-refractivity contribution in [3.8, 4) is 23.3 Å². The molecule has 0 fully saturated rings. The molecule has 0 aliphatic heterocycles. The van der Waals surface area contributed by atoms with Gasteiger partial charge >= 0.3 is 11.9 Å². The lowest BCUT2D eigenvalue weighted by atomic mass is 10.0. The van der Waals surface area contributed by atoms with Crippen LogP contribution in [0.5, 0.6) is 0 Å². The van der Waals surface area contributed by atoms with E-state index in [0.29, 0.717) is 5.56 Å². The molecule has 0 bridgehead atoms. The number of aromatic carboxylic acids is 2. The van der Waals surface area contributed by atoms with Crippen LogP contribution in [0, 0.1) is 29.6 Å². The molecule has 0 radical (unpaired) electrons. The number of carboxylic acid groups (broad SMARTS) is 2. The highest BCUT2D eigenvalue weighted by molar-refractivity contribution is 7.86. The lowest BCUT2D eigenvalue weighted by Gasteiger charge is -2.16. The van der Waals surface area contributed by atoms with Crippen LogP contribution in [0.2, 0.25) is 0 Å². The number of azo groups is 2. The number of carboxylic acids is 2. The molecule has 2 aromatic heterocycles. The van der Waals surface area contributed by atoms with Crippen molar-refractivity contribution in [2.45, 2.75) is 16.7 Å². The Bertz CT molecular complexity index is 3320.